The average Bonchev–Trinajstić information content (AvgIpc) is 2.56. The van der Waals surface area contributed by atoms with Crippen molar-refractivity contribution in [2.24, 2.45) is 0 Å². The first kappa shape index (κ1) is 18.3. The number of aromatic nitrogens is 2. The Labute approximate surface area is 149 Å². The highest BCUT2D eigenvalue weighted by Crippen LogP contribution is 2.22. The number of hydrogen-bond donors (Lipinski definition) is 1. The van der Waals surface area contributed by atoms with E-state index in [1.54, 1.807) is 31.2 Å². The number of amides is 1. The third kappa shape index (κ3) is 4.49. The number of benzene rings is 1. The van der Waals surface area contributed by atoms with Crippen LogP contribution in [0, 0.1) is 6.92 Å². The molecule has 24 heavy (non-hydrogen) atoms. The van der Waals surface area contributed by atoms with Crippen molar-refractivity contribution in [1.82, 2.24) is 15.1 Å². The Balaban J connectivity index is 2.25. The molecule has 1 unspecified atom stereocenters. The van der Waals surface area contributed by atoms with Crippen LogP contribution >= 0.6 is 23.4 Å². The molecular weight excluding hydrogens is 346 g/mol. The normalized spacial score (nSPS) is 11.8. The maximum absolute atomic E-state index is 12.1. The molecule has 5 nitrogen and oxygen atoms in total. The van der Waals surface area contributed by atoms with E-state index in [9.17, 15) is 9.59 Å². The molecule has 7 heteroatoms. The highest BCUT2D eigenvalue weighted by molar-refractivity contribution is 8.00. The van der Waals surface area contributed by atoms with Crippen molar-refractivity contribution in [3.05, 3.63) is 63.9 Å². The molecule has 1 N–H and O–H groups in total. The minimum Gasteiger partial charge on any atom is -0.352 e. The summed E-state index contributed by atoms with van der Waals surface area (Å²) < 4.78 is 1.28. The topological polar surface area (TPSA) is 64.0 Å². The van der Waals surface area contributed by atoms with Crippen LogP contribution in [0.25, 0.3) is 5.69 Å². The molecule has 0 fully saturated rings. The highest BCUT2D eigenvalue weighted by Gasteiger charge is 2.15. The van der Waals surface area contributed by atoms with Crippen LogP contribution < -0.4 is 10.9 Å². The van der Waals surface area contributed by atoms with Gasteiger partial charge < -0.3 is 5.32 Å². The summed E-state index contributed by atoms with van der Waals surface area (Å²) in [6, 6.07) is 8.34. The van der Waals surface area contributed by atoms with Gasteiger partial charge in [0, 0.05) is 17.6 Å². The van der Waals surface area contributed by atoms with Gasteiger partial charge in [-0.25, -0.2) is 0 Å². The molecule has 0 aliphatic rings. The van der Waals surface area contributed by atoms with Crippen molar-refractivity contribution >= 4 is 29.3 Å². The maximum atomic E-state index is 12.1. The van der Waals surface area contributed by atoms with E-state index in [1.807, 2.05) is 13.0 Å². The summed E-state index contributed by atoms with van der Waals surface area (Å²) in [4.78, 5) is 24.0. The summed E-state index contributed by atoms with van der Waals surface area (Å²) in [6.07, 6.45) is 1.62. The van der Waals surface area contributed by atoms with Crippen LogP contribution in [0.5, 0.6) is 0 Å². The van der Waals surface area contributed by atoms with Gasteiger partial charge in [0.25, 0.3) is 5.56 Å². The quantitative estimate of drug-likeness (QED) is 0.633. The fourth-order valence-electron chi connectivity index (χ4n) is 1.91. The number of thioether (sulfide) groups is 1. The van der Waals surface area contributed by atoms with Gasteiger partial charge in [-0.3, -0.25) is 9.59 Å². The maximum Gasteiger partial charge on any atom is 0.271 e. The molecule has 2 rings (SSSR count). The van der Waals surface area contributed by atoms with E-state index in [1.165, 1.54) is 22.5 Å². The molecule has 2 aromatic rings. The lowest BCUT2D eigenvalue weighted by molar-refractivity contribution is -0.120. The smallest absolute Gasteiger partial charge is 0.271 e. The van der Waals surface area contributed by atoms with E-state index in [0.29, 0.717) is 22.3 Å². The Morgan fingerprint density at radius 1 is 1.46 bits per heavy atom. The Bertz CT molecular complexity index is 820. The minimum absolute atomic E-state index is 0.113. The zero-order valence-corrected chi connectivity index (χ0v) is 15.0. The molecule has 1 aromatic heterocycles. The molecule has 1 heterocycles. The second-order valence-electron chi connectivity index (χ2n) is 5.15. The van der Waals surface area contributed by atoms with Gasteiger partial charge in [0.2, 0.25) is 5.91 Å². The van der Waals surface area contributed by atoms with E-state index >= 15 is 0 Å². The van der Waals surface area contributed by atoms with Gasteiger partial charge in [-0.05, 0) is 37.6 Å². The summed E-state index contributed by atoms with van der Waals surface area (Å²) in [5.41, 5.74) is 1.25. The SMILES string of the molecule is C=CCNC(=O)C(C)Sc1ccc(=O)n(-c2ccc(C)c(Cl)c2)n1. The molecule has 1 aromatic carbocycles. The third-order valence-corrected chi connectivity index (χ3v) is 4.70. The number of rotatable bonds is 6. The molecular formula is C17H18ClN3O2S. The van der Waals surface area contributed by atoms with E-state index in [0.717, 1.165) is 5.56 Å². The molecule has 0 aliphatic heterocycles. The zero-order valence-electron chi connectivity index (χ0n) is 13.5. The lowest BCUT2D eigenvalue weighted by Crippen LogP contribution is -2.31. The van der Waals surface area contributed by atoms with E-state index in [4.69, 9.17) is 11.6 Å². The largest absolute Gasteiger partial charge is 0.352 e. The monoisotopic (exact) mass is 363 g/mol. The summed E-state index contributed by atoms with van der Waals surface area (Å²) in [5, 5.41) is 7.86. The molecule has 1 atom stereocenters. The van der Waals surface area contributed by atoms with Crippen LogP contribution in [-0.2, 0) is 4.79 Å². The van der Waals surface area contributed by atoms with Crippen LogP contribution in [0.4, 0.5) is 0 Å². The Kier molecular flexibility index (Phi) is 6.23. The van der Waals surface area contributed by atoms with E-state index in [2.05, 4.69) is 17.0 Å². The van der Waals surface area contributed by atoms with Crippen LogP contribution in [0.1, 0.15) is 12.5 Å². The number of nitrogens with one attached hydrogen (secondary N) is 1. The van der Waals surface area contributed by atoms with Crippen molar-refractivity contribution < 1.29 is 4.79 Å². The number of nitrogens with zero attached hydrogens (tertiary/aromatic N) is 2. The Morgan fingerprint density at radius 2 is 2.21 bits per heavy atom. The van der Waals surface area contributed by atoms with Gasteiger partial charge in [0.05, 0.1) is 10.9 Å². The fourth-order valence-corrected chi connectivity index (χ4v) is 2.91. The summed E-state index contributed by atoms with van der Waals surface area (Å²) in [7, 11) is 0. The van der Waals surface area contributed by atoms with Crippen molar-refractivity contribution in [2.45, 2.75) is 24.1 Å². The molecule has 0 aliphatic carbocycles. The number of carbonyl (C=O) groups excluding carboxylic acids is 1. The first-order chi connectivity index (χ1) is 11.4. The lowest BCUT2D eigenvalue weighted by atomic mass is 10.2. The van der Waals surface area contributed by atoms with Crippen molar-refractivity contribution in [3.8, 4) is 5.69 Å². The molecule has 0 radical (unpaired) electrons. The number of aryl methyl sites for hydroxylation is 1. The second kappa shape index (κ2) is 8.17. The third-order valence-electron chi connectivity index (χ3n) is 3.26. The van der Waals surface area contributed by atoms with Crippen LogP contribution in [0.15, 0.2) is 52.8 Å². The van der Waals surface area contributed by atoms with Crippen LogP contribution in [0.2, 0.25) is 5.02 Å². The predicted octanol–water partition coefficient (Wildman–Crippen LogP) is 2.98. The second-order valence-corrected chi connectivity index (χ2v) is 6.92. The standard InChI is InChI=1S/C17H18ClN3O2S/c1-4-9-19-17(23)12(3)24-15-7-8-16(22)21(20-15)13-6-5-11(2)14(18)10-13/h4-8,10,12H,1,9H2,2-3H3,(H,19,23). The van der Waals surface area contributed by atoms with Crippen molar-refractivity contribution in [3.63, 3.8) is 0 Å². The van der Waals surface area contributed by atoms with Gasteiger partial charge in [-0.2, -0.15) is 9.78 Å². The van der Waals surface area contributed by atoms with Gasteiger partial charge in [0.1, 0.15) is 5.03 Å². The molecule has 1 amide bonds. The van der Waals surface area contributed by atoms with Gasteiger partial charge in [-0.15, -0.1) is 6.58 Å². The predicted molar refractivity (Wildman–Crippen MR) is 98.1 cm³/mol. The van der Waals surface area contributed by atoms with E-state index < -0.39 is 0 Å². The highest BCUT2D eigenvalue weighted by atomic mass is 35.5. The summed E-state index contributed by atoms with van der Waals surface area (Å²) >= 11 is 7.40. The zero-order chi connectivity index (χ0) is 17.7. The first-order valence-corrected chi connectivity index (χ1v) is 8.60. The lowest BCUT2D eigenvalue weighted by Gasteiger charge is -2.12. The summed E-state index contributed by atoms with van der Waals surface area (Å²) in [5.74, 6) is -0.113. The van der Waals surface area contributed by atoms with Gasteiger partial charge in [-0.1, -0.05) is 35.5 Å². The van der Waals surface area contributed by atoms with E-state index in [-0.39, 0.29) is 16.7 Å². The van der Waals surface area contributed by atoms with Crippen molar-refractivity contribution in [1.29, 1.82) is 0 Å². The van der Waals surface area contributed by atoms with Crippen LogP contribution in [-0.4, -0.2) is 27.5 Å². The fraction of sp³-hybridized carbons (Fsp3) is 0.235. The number of hydrogen-bond acceptors (Lipinski definition) is 4. The molecule has 126 valence electrons. The van der Waals surface area contributed by atoms with Gasteiger partial charge in [0.15, 0.2) is 0 Å². The Morgan fingerprint density at radius 3 is 2.88 bits per heavy atom. The first-order valence-electron chi connectivity index (χ1n) is 7.34. The Hall–Kier alpha value is -2.05. The average molecular weight is 364 g/mol. The van der Waals surface area contributed by atoms with Crippen LogP contribution in [0.3, 0.4) is 0 Å². The van der Waals surface area contributed by atoms with Gasteiger partial charge >= 0.3 is 0 Å². The molecule has 0 spiro atoms. The molecule has 0 saturated carbocycles. The molecule has 0 bridgehead atoms. The number of carbonyl (C=O) groups is 1. The number of halogens is 1. The van der Waals surface area contributed by atoms with Crippen molar-refractivity contribution in [2.75, 3.05) is 6.54 Å². The summed E-state index contributed by atoms with van der Waals surface area (Å²) in [6.45, 7) is 7.64. The minimum atomic E-state index is -0.343. The molecule has 0 saturated heterocycles.